The molecule has 2 aromatic rings. The van der Waals surface area contributed by atoms with Gasteiger partial charge in [-0.25, -0.2) is 4.79 Å². The first kappa shape index (κ1) is 18.3. The summed E-state index contributed by atoms with van der Waals surface area (Å²) in [7, 11) is 0. The number of rotatable bonds is 6. The summed E-state index contributed by atoms with van der Waals surface area (Å²) < 4.78 is 1.96. The Kier molecular flexibility index (Phi) is 5.81. The summed E-state index contributed by atoms with van der Waals surface area (Å²) in [5.74, 6) is 0.116. The van der Waals surface area contributed by atoms with Crippen LogP contribution in [0.5, 0.6) is 0 Å². The van der Waals surface area contributed by atoms with Crippen LogP contribution in [0.15, 0.2) is 30.5 Å². The lowest BCUT2D eigenvalue weighted by Crippen LogP contribution is -2.36. The molecular formula is C20H28N4O2. The molecule has 1 aromatic carbocycles. The highest BCUT2D eigenvalue weighted by molar-refractivity contribution is 5.93. The zero-order chi connectivity index (χ0) is 18.5. The van der Waals surface area contributed by atoms with Crippen LogP contribution in [0.4, 0.5) is 10.5 Å². The van der Waals surface area contributed by atoms with E-state index in [0.717, 1.165) is 42.5 Å². The predicted octanol–water partition coefficient (Wildman–Crippen LogP) is 3.57. The van der Waals surface area contributed by atoms with Gasteiger partial charge in [0, 0.05) is 41.9 Å². The number of hydrogen-bond acceptors (Lipinski definition) is 2. The number of nitrogens with one attached hydrogen (secondary N) is 2. The van der Waals surface area contributed by atoms with Crippen LogP contribution in [0, 0.1) is 0 Å². The van der Waals surface area contributed by atoms with Crippen molar-refractivity contribution in [3.05, 3.63) is 30.5 Å². The summed E-state index contributed by atoms with van der Waals surface area (Å²) >= 11 is 0. The van der Waals surface area contributed by atoms with E-state index in [1.54, 1.807) is 0 Å². The summed E-state index contributed by atoms with van der Waals surface area (Å²) in [5, 5.41) is 6.95. The van der Waals surface area contributed by atoms with Gasteiger partial charge >= 0.3 is 6.03 Å². The van der Waals surface area contributed by atoms with Crippen molar-refractivity contribution >= 4 is 28.5 Å². The van der Waals surface area contributed by atoms with Crippen molar-refractivity contribution in [2.24, 2.45) is 0 Å². The lowest BCUT2D eigenvalue weighted by molar-refractivity contribution is -0.131. The first-order chi connectivity index (χ1) is 12.6. The monoisotopic (exact) mass is 356 g/mol. The van der Waals surface area contributed by atoms with Gasteiger partial charge in [0.05, 0.1) is 0 Å². The number of amides is 3. The molecule has 3 amide bonds. The number of aromatic nitrogens is 1. The Labute approximate surface area is 154 Å². The van der Waals surface area contributed by atoms with E-state index in [-0.39, 0.29) is 11.9 Å². The quantitative estimate of drug-likeness (QED) is 0.831. The second kappa shape index (κ2) is 8.25. The second-order valence-corrected chi connectivity index (χ2v) is 6.86. The lowest BCUT2D eigenvalue weighted by Gasteiger charge is -2.19. The molecule has 0 unspecified atom stereocenters. The molecule has 6 heteroatoms. The molecule has 6 nitrogen and oxygen atoms in total. The molecule has 1 aliphatic rings. The lowest BCUT2D eigenvalue weighted by atomic mass is 10.2. The zero-order valence-electron chi connectivity index (χ0n) is 15.6. The van der Waals surface area contributed by atoms with Gasteiger partial charge in [0.15, 0.2) is 0 Å². The van der Waals surface area contributed by atoms with E-state index < -0.39 is 0 Å². The third-order valence-corrected chi connectivity index (χ3v) is 5.14. The highest BCUT2D eigenvalue weighted by Gasteiger charge is 2.17. The number of urea groups is 1. The van der Waals surface area contributed by atoms with Crippen LogP contribution in [-0.4, -0.2) is 40.5 Å². The Morgan fingerprint density at radius 2 is 1.88 bits per heavy atom. The molecule has 0 saturated heterocycles. The van der Waals surface area contributed by atoms with Crippen molar-refractivity contribution in [3.8, 4) is 0 Å². The van der Waals surface area contributed by atoms with Crippen LogP contribution in [-0.2, 0) is 11.3 Å². The highest BCUT2D eigenvalue weighted by Crippen LogP contribution is 2.21. The highest BCUT2D eigenvalue weighted by atomic mass is 16.2. The van der Waals surface area contributed by atoms with Crippen molar-refractivity contribution in [1.82, 2.24) is 14.8 Å². The standard InChI is InChI=1S/C20H28N4O2/c1-3-23(4-2)19(25)14-24-12-11-15-13-17(9-10-18(15)24)22-20(26)21-16-7-5-6-8-16/h9-13,16H,3-8,14H2,1-2H3,(H2,21,22,26). The van der Waals surface area contributed by atoms with E-state index in [4.69, 9.17) is 0 Å². The Morgan fingerprint density at radius 3 is 2.58 bits per heavy atom. The van der Waals surface area contributed by atoms with E-state index in [1.807, 2.05) is 53.8 Å². The number of carbonyl (C=O) groups is 2. The minimum absolute atomic E-state index is 0.116. The first-order valence-corrected chi connectivity index (χ1v) is 9.55. The zero-order valence-corrected chi connectivity index (χ0v) is 15.6. The first-order valence-electron chi connectivity index (χ1n) is 9.55. The normalized spacial score (nSPS) is 14.5. The Morgan fingerprint density at radius 1 is 1.15 bits per heavy atom. The van der Waals surface area contributed by atoms with Crippen molar-refractivity contribution in [3.63, 3.8) is 0 Å². The van der Waals surface area contributed by atoms with Gasteiger partial charge in [-0.15, -0.1) is 0 Å². The molecule has 140 valence electrons. The van der Waals surface area contributed by atoms with E-state index in [2.05, 4.69) is 10.6 Å². The average molecular weight is 356 g/mol. The largest absolute Gasteiger partial charge is 0.342 e. The van der Waals surface area contributed by atoms with Gasteiger partial charge in [-0.05, 0) is 51.0 Å². The number of benzene rings is 1. The smallest absolute Gasteiger partial charge is 0.319 e. The number of likely N-dealkylation sites (N-methyl/N-ethyl adjacent to an activating group) is 1. The molecule has 3 rings (SSSR count). The molecule has 2 N–H and O–H groups in total. The summed E-state index contributed by atoms with van der Waals surface area (Å²) in [6.45, 7) is 5.75. The number of nitrogens with zero attached hydrogens (tertiary/aromatic N) is 2. The van der Waals surface area contributed by atoms with Crippen LogP contribution in [0.1, 0.15) is 39.5 Å². The van der Waals surface area contributed by atoms with E-state index in [9.17, 15) is 9.59 Å². The van der Waals surface area contributed by atoms with Crippen molar-refractivity contribution in [2.75, 3.05) is 18.4 Å². The fraction of sp³-hybridized carbons (Fsp3) is 0.500. The maximum Gasteiger partial charge on any atom is 0.319 e. The van der Waals surface area contributed by atoms with Gasteiger partial charge in [0.2, 0.25) is 5.91 Å². The van der Waals surface area contributed by atoms with Crippen LogP contribution < -0.4 is 10.6 Å². The summed E-state index contributed by atoms with van der Waals surface area (Å²) in [6.07, 6.45) is 6.44. The van der Waals surface area contributed by atoms with Crippen LogP contribution >= 0.6 is 0 Å². The molecule has 1 aliphatic carbocycles. The molecule has 0 atom stereocenters. The van der Waals surface area contributed by atoms with E-state index >= 15 is 0 Å². The average Bonchev–Trinajstić information content (AvgIpc) is 3.26. The van der Waals surface area contributed by atoms with Crippen LogP contribution in [0.2, 0.25) is 0 Å². The van der Waals surface area contributed by atoms with E-state index in [1.165, 1.54) is 12.8 Å². The molecule has 0 radical (unpaired) electrons. The van der Waals surface area contributed by atoms with Crippen LogP contribution in [0.3, 0.4) is 0 Å². The number of fused-ring (bicyclic) bond motifs is 1. The van der Waals surface area contributed by atoms with Crippen molar-refractivity contribution < 1.29 is 9.59 Å². The predicted molar refractivity (Wildman–Crippen MR) is 104 cm³/mol. The van der Waals surface area contributed by atoms with Gasteiger partial charge in [0.25, 0.3) is 0 Å². The molecule has 26 heavy (non-hydrogen) atoms. The van der Waals surface area contributed by atoms with Gasteiger partial charge < -0.3 is 20.1 Å². The van der Waals surface area contributed by atoms with Crippen molar-refractivity contribution in [1.29, 1.82) is 0 Å². The maximum absolute atomic E-state index is 12.3. The summed E-state index contributed by atoms with van der Waals surface area (Å²) in [6, 6.07) is 7.91. The maximum atomic E-state index is 12.3. The van der Waals surface area contributed by atoms with Gasteiger partial charge in [-0.1, -0.05) is 12.8 Å². The third kappa shape index (κ3) is 4.18. The number of anilines is 1. The summed E-state index contributed by atoms with van der Waals surface area (Å²) in [4.78, 5) is 26.3. The van der Waals surface area contributed by atoms with Gasteiger partial charge in [-0.3, -0.25) is 4.79 Å². The third-order valence-electron chi connectivity index (χ3n) is 5.14. The molecule has 0 aliphatic heterocycles. The van der Waals surface area contributed by atoms with Gasteiger partial charge in [-0.2, -0.15) is 0 Å². The Balaban J connectivity index is 1.66. The molecule has 1 fully saturated rings. The fourth-order valence-corrected chi connectivity index (χ4v) is 3.66. The van der Waals surface area contributed by atoms with E-state index in [0.29, 0.717) is 12.6 Å². The minimum Gasteiger partial charge on any atom is -0.342 e. The van der Waals surface area contributed by atoms with Crippen LogP contribution in [0.25, 0.3) is 10.9 Å². The second-order valence-electron chi connectivity index (χ2n) is 6.86. The van der Waals surface area contributed by atoms with Gasteiger partial charge in [0.1, 0.15) is 6.54 Å². The Bertz CT molecular complexity index is 773. The molecular weight excluding hydrogens is 328 g/mol. The molecule has 0 spiro atoms. The fourth-order valence-electron chi connectivity index (χ4n) is 3.66. The minimum atomic E-state index is -0.146. The van der Waals surface area contributed by atoms with Crippen molar-refractivity contribution in [2.45, 2.75) is 52.1 Å². The SMILES string of the molecule is CCN(CC)C(=O)Cn1ccc2cc(NC(=O)NC3CCCC3)ccc21. The summed E-state index contributed by atoms with van der Waals surface area (Å²) in [5.41, 5.74) is 1.76. The molecule has 1 saturated carbocycles. The topological polar surface area (TPSA) is 66.4 Å². The molecule has 0 bridgehead atoms. The molecule has 1 aromatic heterocycles. The number of carbonyl (C=O) groups excluding carboxylic acids is 2. The number of hydrogen-bond donors (Lipinski definition) is 2. The molecule has 1 heterocycles. The Hall–Kier alpha value is -2.50.